The smallest absolute Gasteiger partial charge is 0.221 e. The van der Waals surface area contributed by atoms with E-state index in [0.717, 1.165) is 24.8 Å². The Balaban J connectivity index is 3.88. The van der Waals surface area contributed by atoms with Gasteiger partial charge in [0.05, 0.1) is 6.54 Å². The third kappa shape index (κ3) is 10.3. The van der Waals surface area contributed by atoms with E-state index >= 15 is 0 Å². The monoisotopic (exact) mass is 274 g/mol. The van der Waals surface area contributed by atoms with E-state index in [1.807, 2.05) is 20.8 Å². The van der Waals surface area contributed by atoms with Gasteiger partial charge in [-0.3, -0.25) is 9.79 Å². The van der Waals surface area contributed by atoms with E-state index in [0.29, 0.717) is 13.0 Å². The first kappa shape index (κ1) is 17.1. The zero-order valence-electron chi connectivity index (χ0n) is 11.9. The van der Waals surface area contributed by atoms with Gasteiger partial charge in [0.1, 0.15) is 0 Å². The van der Waals surface area contributed by atoms with Gasteiger partial charge in [-0.2, -0.15) is 11.8 Å². The third-order valence-electron chi connectivity index (χ3n) is 2.00. The van der Waals surface area contributed by atoms with Crippen LogP contribution in [0.5, 0.6) is 0 Å². The zero-order chi connectivity index (χ0) is 13.8. The van der Waals surface area contributed by atoms with Crippen LogP contribution in [0.15, 0.2) is 4.99 Å². The molecule has 0 aliphatic heterocycles. The Bertz CT molecular complexity index is 256. The fraction of sp³-hybridized carbons (Fsp3) is 0.833. The van der Waals surface area contributed by atoms with Gasteiger partial charge in [0.25, 0.3) is 0 Å². The van der Waals surface area contributed by atoms with Crippen molar-refractivity contribution in [2.75, 3.05) is 31.6 Å². The molecular weight excluding hydrogens is 248 g/mol. The van der Waals surface area contributed by atoms with E-state index in [4.69, 9.17) is 0 Å². The molecule has 6 heteroatoms. The minimum absolute atomic E-state index is 0.0671. The molecule has 0 spiro atoms. The topological polar surface area (TPSA) is 65.5 Å². The number of nitrogens with zero attached hydrogens (tertiary/aromatic N) is 1. The maximum Gasteiger partial charge on any atom is 0.221 e. The molecule has 0 heterocycles. The Hall–Kier alpha value is -0.910. The van der Waals surface area contributed by atoms with Crippen molar-refractivity contribution in [3.8, 4) is 0 Å². The summed E-state index contributed by atoms with van der Waals surface area (Å²) >= 11 is 1.77. The molecule has 0 aromatic carbocycles. The highest BCUT2D eigenvalue weighted by atomic mass is 32.2. The van der Waals surface area contributed by atoms with Crippen LogP contribution in [0.3, 0.4) is 0 Å². The number of rotatable bonds is 8. The molecule has 0 saturated carbocycles. The lowest BCUT2D eigenvalue weighted by atomic mass is 10.3. The Morgan fingerprint density at radius 2 is 2.06 bits per heavy atom. The lowest BCUT2D eigenvalue weighted by Gasteiger charge is -2.12. The molecule has 0 saturated heterocycles. The van der Waals surface area contributed by atoms with Gasteiger partial charge in [0.2, 0.25) is 5.91 Å². The number of carbonyl (C=O) groups excluding carboxylic acids is 1. The van der Waals surface area contributed by atoms with Gasteiger partial charge < -0.3 is 16.0 Å². The summed E-state index contributed by atoms with van der Waals surface area (Å²) in [7, 11) is 0. The van der Waals surface area contributed by atoms with Gasteiger partial charge in [-0.25, -0.2) is 0 Å². The first-order valence-corrected chi connectivity index (χ1v) is 7.80. The summed E-state index contributed by atoms with van der Waals surface area (Å²) in [5.74, 6) is 1.85. The standard InChI is InChI=1S/C12H26N4OS/c1-5-13-12(15-8-9-18-4)14-7-6-11(17)16-10(2)3/h10H,5-9H2,1-4H3,(H,16,17)(H2,13,14,15). The van der Waals surface area contributed by atoms with Crippen LogP contribution < -0.4 is 16.0 Å². The van der Waals surface area contributed by atoms with Crippen molar-refractivity contribution in [3.63, 3.8) is 0 Å². The van der Waals surface area contributed by atoms with Crippen LogP contribution in [-0.2, 0) is 4.79 Å². The van der Waals surface area contributed by atoms with Gasteiger partial charge in [0, 0.05) is 31.3 Å². The lowest BCUT2D eigenvalue weighted by molar-refractivity contribution is -0.121. The second-order valence-electron chi connectivity index (χ2n) is 4.15. The van der Waals surface area contributed by atoms with Gasteiger partial charge >= 0.3 is 0 Å². The molecule has 3 N–H and O–H groups in total. The van der Waals surface area contributed by atoms with Gasteiger partial charge in [0.15, 0.2) is 5.96 Å². The van der Waals surface area contributed by atoms with Crippen LogP contribution >= 0.6 is 11.8 Å². The summed E-state index contributed by atoms with van der Waals surface area (Å²) in [5.41, 5.74) is 0. The largest absolute Gasteiger partial charge is 0.357 e. The highest BCUT2D eigenvalue weighted by Gasteiger charge is 2.03. The SMILES string of the molecule is CCNC(=NCCSC)NCCC(=O)NC(C)C. The zero-order valence-corrected chi connectivity index (χ0v) is 12.7. The summed E-state index contributed by atoms with van der Waals surface area (Å²) in [5, 5.41) is 9.16. The Morgan fingerprint density at radius 1 is 1.33 bits per heavy atom. The van der Waals surface area contributed by atoms with E-state index in [1.165, 1.54) is 0 Å². The Kier molecular flexibility index (Phi) is 10.6. The van der Waals surface area contributed by atoms with Crippen LogP contribution in [0.4, 0.5) is 0 Å². The third-order valence-corrected chi connectivity index (χ3v) is 2.59. The summed E-state index contributed by atoms with van der Waals surface area (Å²) in [6.45, 7) is 8.15. The molecular formula is C12H26N4OS. The number of carbonyl (C=O) groups is 1. The van der Waals surface area contributed by atoms with Crippen LogP contribution in [0.2, 0.25) is 0 Å². The quantitative estimate of drug-likeness (QED) is 0.348. The summed E-state index contributed by atoms with van der Waals surface area (Å²) in [6, 6.07) is 0.195. The summed E-state index contributed by atoms with van der Waals surface area (Å²) in [4.78, 5) is 15.8. The van der Waals surface area contributed by atoms with Crippen molar-refractivity contribution < 1.29 is 4.79 Å². The fourth-order valence-electron chi connectivity index (χ4n) is 1.28. The molecule has 0 fully saturated rings. The van der Waals surface area contributed by atoms with Crippen molar-refractivity contribution in [2.24, 2.45) is 4.99 Å². The number of thioether (sulfide) groups is 1. The Labute approximate surface area is 115 Å². The number of aliphatic imine (C=N–C) groups is 1. The number of nitrogens with one attached hydrogen (secondary N) is 3. The van der Waals surface area contributed by atoms with Gasteiger partial charge in [-0.05, 0) is 27.0 Å². The van der Waals surface area contributed by atoms with Crippen LogP contribution in [-0.4, -0.2) is 49.6 Å². The predicted molar refractivity (Wildman–Crippen MR) is 80.3 cm³/mol. The molecule has 0 aliphatic carbocycles. The molecule has 0 aromatic heterocycles. The molecule has 0 radical (unpaired) electrons. The first-order chi connectivity index (χ1) is 8.60. The summed E-state index contributed by atoms with van der Waals surface area (Å²) < 4.78 is 0. The first-order valence-electron chi connectivity index (χ1n) is 6.40. The number of amides is 1. The maximum atomic E-state index is 11.4. The van der Waals surface area contributed by atoms with E-state index in [2.05, 4.69) is 27.2 Å². The molecule has 0 aliphatic rings. The van der Waals surface area contributed by atoms with E-state index in [1.54, 1.807) is 11.8 Å². The van der Waals surface area contributed by atoms with Crippen molar-refractivity contribution in [1.29, 1.82) is 0 Å². The molecule has 1 amide bonds. The molecule has 0 aromatic rings. The number of guanidine groups is 1. The lowest BCUT2D eigenvalue weighted by Crippen LogP contribution is -2.40. The second kappa shape index (κ2) is 11.2. The molecule has 0 atom stereocenters. The molecule has 0 unspecified atom stereocenters. The number of hydrogen-bond acceptors (Lipinski definition) is 3. The second-order valence-corrected chi connectivity index (χ2v) is 5.14. The van der Waals surface area contributed by atoms with Crippen LogP contribution in [0, 0.1) is 0 Å². The van der Waals surface area contributed by atoms with Crippen LogP contribution in [0.25, 0.3) is 0 Å². The minimum atomic E-state index is 0.0671. The van der Waals surface area contributed by atoms with Crippen LogP contribution in [0.1, 0.15) is 27.2 Å². The van der Waals surface area contributed by atoms with Crippen molar-refractivity contribution >= 4 is 23.6 Å². The Morgan fingerprint density at radius 3 is 2.61 bits per heavy atom. The molecule has 0 rings (SSSR count). The predicted octanol–water partition coefficient (Wildman–Crippen LogP) is 0.819. The highest BCUT2D eigenvalue weighted by molar-refractivity contribution is 7.98. The highest BCUT2D eigenvalue weighted by Crippen LogP contribution is 1.90. The summed E-state index contributed by atoms with van der Waals surface area (Å²) in [6.07, 6.45) is 2.53. The molecule has 106 valence electrons. The fourth-order valence-corrected chi connectivity index (χ4v) is 1.55. The number of hydrogen-bond donors (Lipinski definition) is 3. The van der Waals surface area contributed by atoms with Crippen molar-refractivity contribution in [3.05, 3.63) is 0 Å². The average Bonchev–Trinajstić information content (AvgIpc) is 2.28. The molecule has 5 nitrogen and oxygen atoms in total. The minimum Gasteiger partial charge on any atom is -0.357 e. The molecule has 0 bridgehead atoms. The molecule has 18 heavy (non-hydrogen) atoms. The van der Waals surface area contributed by atoms with Crippen molar-refractivity contribution in [1.82, 2.24) is 16.0 Å². The van der Waals surface area contributed by atoms with Crippen molar-refractivity contribution in [2.45, 2.75) is 33.2 Å². The maximum absolute atomic E-state index is 11.4. The van der Waals surface area contributed by atoms with Gasteiger partial charge in [-0.15, -0.1) is 0 Å². The average molecular weight is 274 g/mol. The van der Waals surface area contributed by atoms with Gasteiger partial charge in [-0.1, -0.05) is 0 Å². The van der Waals surface area contributed by atoms with E-state index in [-0.39, 0.29) is 11.9 Å². The van der Waals surface area contributed by atoms with E-state index in [9.17, 15) is 4.79 Å². The normalized spacial score (nSPS) is 11.5. The van der Waals surface area contributed by atoms with E-state index < -0.39 is 0 Å².